The van der Waals surface area contributed by atoms with E-state index in [2.05, 4.69) is 20.5 Å². The summed E-state index contributed by atoms with van der Waals surface area (Å²) in [6, 6.07) is 22.8. The quantitative estimate of drug-likeness (QED) is 0.199. The van der Waals surface area contributed by atoms with Gasteiger partial charge in [0.2, 0.25) is 11.7 Å². The average Bonchev–Trinajstić information content (AvgIpc) is 3.54. The summed E-state index contributed by atoms with van der Waals surface area (Å²) in [5.41, 5.74) is 3.33. The van der Waals surface area contributed by atoms with E-state index in [9.17, 15) is 9.59 Å². The van der Waals surface area contributed by atoms with Gasteiger partial charge in [0, 0.05) is 36.6 Å². The molecule has 49 heavy (non-hydrogen) atoms. The monoisotopic (exact) mass is 668 g/mol. The van der Waals surface area contributed by atoms with Crippen LogP contribution in [0.15, 0.2) is 84.9 Å². The molecule has 12 nitrogen and oxygen atoms in total. The third-order valence-corrected chi connectivity index (χ3v) is 8.40. The molecule has 1 N–H and O–H groups in total. The zero-order valence-corrected chi connectivity index (χ0v) is 27.5. The number of carbonyl (C=O) groups excluding carboxylic acids is 2. The molecule has 1 atom stereocenters. The Labute approximate surface area is 282 Å². The number of aromatic nitrogens is 3. The van der Waals surface area contributed by atoms with Crippen LogP contribution in [0.3, 0.4) is 0 Å². The number of carbonyl (C=O) groups is 2. The number of methoxy groups -OCH3 is 3. The number of amides is 2. The van der Waals surface area contributed by atoms with Crippen molar-refractivity contribution in [2.75, 3.05) is 57.8 Å². The summed E-state index contributed by atoms with van der Waals surface area (Å²) in [6.45, 7) is 2.32. The van der Waals surface area contributed by atoms with Gasteiger partial charge in [0.05, 0.1) is 40.1 Å². The number of rotatable bonds is 12. The van der Waals surface area contributed by atoms with Gasteiger partial charge in [-0.25, -0.2) is 9.07 Å². The first-order valence-electron chi connectivity index (χ1n) is 15.7. The highest BCUT2D eigenvalue weighted by atomic mass is 19.1. The minimum absolute atomic E-state index is 0.222. The van der Waals surface area contributed by atoms with Crippen molar-refractivity contribution in [1.29, 1.82) is 0 Å². The van der Waals surface area contributed by atoms with E-state index in [1.807, 2.05) is 24.3 Å². The number of ether oxygens (including phenoxy) is 4. The Bertz CT molecular complexity index is 1900. The van der Waals surface area contributed by atoms with Gasteiger partial charge in [-0.05, 0) is 60.2 Å². The van der Waals surface area contributed by atoms with Crippen molar-refractivity contribution in [3.05, 3.63) is 102 Å². The van der Waals surface area contributed by atoms with E-state index in [-0.39, 0.29) is 30.2 Å². The predicted octanol–water partition coefficient (Wildman–Crippen LogP) is 4.84. The van der Waals surface area contributed by atoms with Crippen molar-refractivity contribution < 1.29 is 32.9 Å². The topological polar surface area (TPSA) is 120 Å². The Balaban J connectivity index is 1.42. The standard InChI is InChI=1S/C36H37FN6O6/c1-46-31-20-25(21-32(47-2)35(31)48-3)34(36(45)38-26-12-14-27(15-13-26)41-16-18-49-19-17-41)42(22-24-8-4-5-9-28(24)37)33(44)23-43-30-11-7-6-10-29(30)39-40-43/h4-15,20-21,34H,16-19,22-23H2,1-3H3,(H,38,45). The molecule has 1 fully saturated rings. The molecule has 4 aromatic carbocycles. The lowest BCUT2D eigenvalue weighted by atomic mass is 10.0. The van der Waals surface area contributed by atoms with Crippen LogP contribution in [0.4, 0.5) is 15.8 Å². The maximum absolute atomic E-state index is 15.2. The Morgan fingerprint density at radius 3 is 2.27 bits per heavy atom. The van der Waals surface area contributed by atoms with Gasteiger partial charge in [0.15, 0.2) is 11.5 Å². The van der Waals surface area contributed by atoms with E-state index in [0.29, 0.717) is 41.2 Å². The lowest BCUT2D eigenvalue weighted by Gasteiger charge is -2.32. The second-order valence-corrected chi connectivity index (χ2v) is 11.3. The van der Waals surface area contributed by atoms with Crippen LogP contribution < -0.4 is 24.4 Å². The second-order valence-electron chi connectivity index (χ2n) is 11.3. The normalized spacial score (nSPS) is 13.5. The number of fused-ring (bicyclic) bond motifs is 1. The number of nitrogens with zero attached hydrogens (tertiary/aromatic N) is 5. The fourth-order valence-corrected chi connectivity index (χ4v) is 5.91. The van der Waals surface area contributed by atoms with Crippen LogP contribution in [0, 0.1) is 5.82 Å². The molecule has 0 spiro atoms. The van der Waals surface area contributed by atoms with Crippen LogP contribution >= 0.6 is 0 Å². The minimum atomic E-state index is -1.28. The van der Waals surface area contributed by atoms with Gasteiger partial charge in [0.1, 0.15) is 23.9 Å². The largest absolute Gasteiger partial charge is 0.493 e. The molecule has 6 rings (SSSR count). The van der Waals surface area contributed by atoms with Gasteiger partial charge >= 0.3 is 0 Å². The highest BCUT2D eigenvalue weighted by Crippen LogP contribution is 2.41. The number of halogens is 1. The number of hydrogen-bond acceptors (Lipinski definition) is 9. The first kappa shape index (κ1) is 33.2. The van der Waals surface area contributed by atoms with Crippen LogP contribution in [0.1, 0.15) is 17.2 Å². The Hall–Kier alpha value is -5.69. The molecular formula is C36H37FN6O6. The summed E-state index contributed by atoms with van der Waals surface area (Å²) >= 11 is 0. The lowest BCUT2D eigenvalue weighted by molar-refractivity contribution is -0.140. The van der Waals surface area contributed by atoms with E-state index < -0.39 is 23.7 Å². The first-order valence-corrected chi connectivity index (χ1v) is 15.7. The second kappa shape index (κ2) is 15.0. The van der Waals surface area contributed by atoms with Crippen molar-refractivity contribution in [1.82, 2.24) is 19.9 Å². The third-order valence-electron chi connectivity index (χ3n) is 8.40. The number of para-hydroxylation sites is 1. The highest BCUT2D eigenvalue weighted by Gasteiger charge is 2.34. The van der Waals surface area contributed by atoms with Crippen molar-refractivity contribution >= 4 is 34.2 Å². The molecule has 2 heterocycles. The summed E-state index contributed by atoms with van der Waals surface area (Å²) < 4.78 is 38.9. The van der Waals surface area contributed by atoms with Crippen molar-refractivity contribution in [3.63, 3.8) is 0 Å². The molecule has 0 aliphatic carbocycles. The fourth-order valence-electron chi connectivity index (χ4n) is 5.91. The SMILES string of the molecule is COc1cc(C(C(=O)Nc2ccc(N3CCOCC3)cc2)N(Cc2ccccc2F)C(=O)Cn2nnc3ccccc32)cc(OC)c1OC. The third kappa shape index (κ3) is 7.26. The fraction of sp³-hybridized carbons (Fsp3) is 0.278. The lowest BCUT2D eigenvalue weighted by Crippen LogP contribution is -2.42. The molecule has 2 amide bonds. The summed E-state index contributed by atoms with van der Waals surface area (Å²) in [4.78, 5) is 32.5. The van der Waals surface area contributed by atoms with E-state index in [1.54, 1.807) is 54.6 Å². The summed E-state index contributed by atoms with van der Waals surface area (Å²) in [5.74, 6) is -0.686. The van der Waals surface area contributed by atoms with Crippen LogP contribution in [0.5, 0.6) is 17.2 Å². The highest BCUT2D eigenvalue weighted by molar-refractivity contribution is 5.98. The molecule has 1 aliphatic heterocycles. The molecule has 13 heteroatoms. The molecule has 1 aromatic heterocycles. The summed E-state index contributed by atoms with van der Waals surface area (Å²) in [7, 11) is 4.40. The maximum Gasteiger partial charge on any atom is 0.251 e. The van der Waals surface area contributed by atoms with E-state index >= 15 is 4.39 Å². The van der Waals surface area contributed by atoms with Gasteiger partial charge in [-0.1, -0.05) is 35.5 Å². The van der Waals surface area contributed by atoms with Crippen molar-refractivity contribution in [2.45, 2.75) is 19.1 Å². The predicted molar refractivity (Wildman–Crippen MR) is 181 cm³/mol. The van der Waals surface area contributed by atoms with Crippen LogP contribution in [0.2, 0.25) is 0 Å². The Morgan fingerprint density at radius 1 is 0.918 bits per heavy atom. The molecule has 0 saturated carbocycles. The Kier molecular flexibility index (Phi) is 10.2. The zero-order valence-electron chi connectivity index (χ0n) is 27.5. The van der Waals surface area contributed by atoms with Crippen LogP contribution in [-0.4, -0.2) is 79.3 Å². The number of hydrogen-bond donors (Lipinski definition) is 1. The van der Waals surface area contributed by atoms with Crippen LogP contribution in [-0.2, 0) is 27.4 Å². The molecule has 0 bridgehead atoms. The van der Waals surface area contributed by atoms with Crippen molar-refractivity contribution in [3.8, 4) is 17.2 Å². The maximum atomic E-state index is 15.2. The molecule has 1 unspecified atom stereocenters. The number of nitrogens with one attached hydrogen (secondary N) is 1. The van der Waals surface area contributed by atoms with Crippen molar-refractivity contribution in [2.24, 2.45) is 0 Å². The molecular weight excluding hydrogens is 631 g/mol. The van der Waals surface area contributed by atoms with Gasteiger partial charge in [-0.3, -0.25) is 9.59 Å². The number of anilines is 2. The van der Waals surface area contributed by atoms with E-state index in [4.69, 9.17) is 18.9 Å². The number of morpholine rings is 1. The minimum Gasteiger partial charge on any atom is -0.493 e. The summed E-state index contributed by atoms with van der Waals surface area (Å²) in [6.07, 6.45) is 0. The smallest absolute Gasteiger partial charge is 0.251 e. The molecule has 5 aromatic rings. The summed E-state index contributed by atoms with van der Waals surface area (Å²) in [5, 5.41) is 11.3. The molecule has 1 saturated heterocycles. The van der Waals surface area contributed by atoms with Gasteiger partial charge in [-0.15, -0.1) is 5.10 Å². The average molecular weight is 669 g/mol. The molecule has 1 aliphatic rings. The van der Waals surface area contributed by atoms with Crippen LogP contribution in [0.25, 0.3) is 11.0 Å². The molecule has 254 valence electrons. The van der Waals surface area contributed by atoms with E-state index in [0.717, 1.165) is 18.8 Å². The Morgan fingerprint density at radius 2 is 1.59 bits per heavy atom. The van der Waals surface area contributed by atoms with Gasteiger partial charge in [-0.2, -0.15) is 0 Å². The first-order chi connectivity index (χ1) is 23.9. The zero-order chi connectivity index (χ0) is 34.3. The van der Waals surface area contributed by atoms with Gasteiger partial charge < -0.3 is 34.1 Å². The molecule has 0 radical (unpaired) electrons. The van der Waals surface area contributed by atoms with Gasteiger partial charge in [0.25, 0.3) is 5.91 Å². The number of benzene rings is 4. The van der Waals surface area contributed by atoms with E-state index in [1.165, 1.54) is 37.0 Å².